The van der Waals surface area contributed by atoms with Gasteiger partial charge in [0.2, 0.25) is 0 Å². The van der Waals surface area contributed by atoms with E-state index in [-0.39, 0.29) is 24.0 Å². The highest BCUT2D eigenvalue weighted by Gasteiger charge is 2.35. The molecule has 2 aliphatic heterocycles. The number of methoxy groups -OCH3 is 2. The lowest BCUT2D eigenvalue weighted by Crippen LogP contribution is -2.51. The number of piperidine rings is 1. The van der Waals surface area contributed by atoms with E-state index in [9.17, 15) is 4.79 Å². The zero-order valence-corrected chi connectivity index (χ0v) is 23.1. The molecule has 38 heavy (non-hydrogen) atoms. The third-order valence-electron chi connectivity index (χ3n) is 7.31. The molecule has 2 amide bonds. The average molecular weight is 527 g/mol. The topological polar surface area (TPSA) is 84.5 Å². The number of hydrogen-bond acceptors (Lipinski definition) is 7. The smallest absolute Gasteiger partial charge is 0.316 e. The van der Waals surface area contributed by atoms with Crippen molar-refractivity contribution in [2.24, 2.45) is 5.92 Å². The molecule has 0 saturated carbocycles. The molecule has 9 nitrogen and oxygen atoms in total. The van der Waals surface area contributed by atoms with Crippen molar-refractivity contribution in [2.75, 3.05) is 79.2 Å². The number of rotatable bonds is 11. The van der Waals surface area contributed by atoms with E-state index < -0.39 is 0 Å². The van der Waals surface area contributed by atoms with Crippen LogP contribution in [0.25, 0.3) is 0 Å². The van der Waals surface area contributed by atoms with Crippen LogP contribution in [0, 0.1) is 5.92 Å². The fourth-order valence-electron chi connectivity index (χ4n) is 5.26. The van der Waals surface area contributed by atoms with Gasteiger partial charge >= 0.3 is 6.03 Å². The minimum absolute atomic E-state index is 0.0523. The van der Waals surface area contributed by atoms with Crippen molar-refractivity contribution in [3.8, 4) is 11.5 Å². The highest BCUT2D eigenvalue weighted by Crippen LogP contribution is 2.35. The van der Waals surface area contributed by atoms with Gasteiger partial charge in [0.25, 0.3) is 0 Å². The van der Waals surface area contributed by atoms with E-state index in [0.29, 0.717) is 19.8 Å². The Labute approximate surface area is 226 Å². The van der Waals surface area contributed by atoms with Gasteiger partial charge in [0.1, 0.15) is 18.1 Å². The molecule has 0 unspecified atom stereocenters. The summed E-state index contributed by atoms with van der Waals surface area (Å²) in [5, 5.41) is 6.59. The Hall–Kier alpha value is -3.01. The first-order valence-corrected chi connectivity index (χ1v) is 13.4. The van der Waals surface area contributed by atoms with Gasteiger partial charge in [-0.25, -0.2) is 4.79 Å². The molecular weight excluding hydrogens is 484 g/mol. The number of hydrogen-bond donors (Lipinski definition) is 2. The van der Waals surface area contributed by atoms with E-state index in [4.69, 9.17) is 18.9 Å². The maximum atomic E-state index is 12.3. The predicted octanol–water partition coefficient (Wildman–Crippen LogP) is 3.09. The Morgan fingerprint density at radius 3 is 2.71 bits per heavy atom. The third-order valence-corrected chi connectivity index (χ3v) is 7.31. The van der Waals surface area contributed by atoms with Gasteiger partial charge in [0, 0.05) is 59.9 Å². The molecule has 1 saturated heterocycles. The predicted molar refractivity (Wildman–Crippen MR) is 148 cm³/mol. The summed E-state index contributed by atoms with van der Waals surface area (Å²) >= 11 is 0. The fourth-order valence-corrected chi connectivity index (χ4v) is 5.26. The van der Waals surface area contributed by atoms with Crippen molar-refractivity contribution in [2.45, 2.75) is 25.0 Å². The Balaban J connectivity index is 1.49. The molecule has 1 fully saturated rings. The number of ether oxygens (including phenoxy) is 4. The Morgan fingerprint density at radius 1 is 1.16 bits per heavy atom. The summed E-state index contributed by atoms with van der Waals surface area (Å²) in [5.41, 5.74) is 3.42. The molecule has 0 aliphatic carbocycles. The number of nitrogens with zero attached hydrogens (tertiary/aromatic N) is 2. The van der Waals surface area contributed by atoms with Crippen molar-refractivity contribution >= 4 is 11.7 Å². The number of fused-ring (bicyclic) bond motifs is 1. The Morgan fingerprint density at radius 2 is 1.97 bits per heavy atom. The van der Waals surface area contributed by atoms with Gasteiger partial charge in [-0.2, -0.15) is 0 Å². The molecule has 2 aromatic carbocycles. The zero-order valence-electron chi connectivity index (χ0n) is 23.1. The summed E-state index contributed by atoms with van der Waals surface area (Å²) in [6.45, 7) is 5.84. The average Bonchev–Trinajstić information content (AvgIpc) is 2.95. The molecule has 208 valence electrons. The minimum Gasteiger partial charge on any atom is -0.497 e. The molecule has 2 N–H and O–H groups in total. The van der Waals surface area contributed by atoms with Crippen LogP contribution in [-0.4, -0.2) is 91.3 Å². The SMILES string of the molecule is COCCCN1CCOc2ccc(CO[C@H]3CNC[C@@H](CNC(=O)N(C)C)[C@@H]3c3ccc(OC)cc3)cc21. The molecule has 3 atom stereocenters. The van der Waals surface area contributed by atoms with Crippen molar-refractivity contribution in [1.82, 2.24) is 15.5 Å². The Kier molecular flexibility index (Phi) is 10.1. The van der Waals surface area contributed by atoms with Crippen LogP contribution in [0.2, 0.25) is 0 Å². The Bertz CT molecular complexity index is 1030. The third kappa shape index (κ3) is 7.09. The monoisotopic (exact) mass is 526 g/mol. The fraction of sp³-hybridized carbons (Fsp3) is 0.552. The van der Waals surface area contributed by atoms with Crippen molar-refractivity contribution in [3.63, 3.8) is 0 Å². The standard InChI is InChI=1S/C29H42N4O5/c1-32(2)29(34)31-18-23-17-30-19-27(28(23)22-7-9-24(36-4)10-8-22)38-20-21-6-11-26-25(16-21)33(13-15-37-26)12-5-14-35-3/h6-11,16,23,27-28,30H,5,12-15,17-20H2,1-4H3,(H,31,34)/t23-,27-,28-/m0/s1. The van der Waals surface area contributed by atoms with Gasteiger partial charge in [0.05, 0.1) is 32.1 Å². The number of benzene rings is 2. The molecule has 2 heterocycles. The largest absolute Gasteiger partial charge is 0.497 e. The number of amides is 2. The summed E-state index contributed by atoms with van der Waals surface area (Å²) in [4.78, 5) is 16.2. The van der Waals surface area contributed by atoms with Crippen LogP contribution in [0.5, 0.6) is 11.5 Å². The molecule has 0 bridgehead atoms. The summed E-state index contributed by atoms with van der Waals surface area (Å²) < 4.78 is 23.1. The number of nitrogens with one attached hydrogen (secondary N) is 2. The van der Waals surface area contributed by atoms with Crippen LogP contribution in [0.4, 0.5) is 10.5 Å². The summed E-state index contributed by atoms with van der Waals surface area (Å²) in [7, 11) is 6.92. The second-order valence-electron chi connectivity index (χ2n) is 10.1. The molecular formula is C29H42N4O5. The van der Waals surface area contributed by atoms with E-state index in [0.717, 1.165) is 62.0 Å². The van der Waals surface area contributed by atoms with Crippen LogP contribution >= 0.6 is 0 Å². The normalized spacial score (nSPS) is 20.8. The highest BCUT2D eigenvalue weighted by molar-refractivity contribution is 5.73. The molecule has 0 radical (unpaired) electrons. The van der Waals surface area contributed by atoms with Gasteiger partial charge in [0.15, 0.2) is 0 Å². The van der Waals surface area contributed by atoms with E-state index in [2.05, 4.69) is 45.9 Å². The highest BCUT2D eigenvalue weighted by atomic mass is 16.5. The van der Waals surface area contributed by atoms with Crippen LogP contribution in [0.15, 0.2) is 42.5 Å². The molecule has 2 aliphatic rings. The zero-order chi connectivity index (χ0) is 26.9. The quantitative estimate of drug-likeness (QED) is 0.436. The van der Waals surface area contributed by atoms with Gasteiger partial charge in [-0.15, -0.1) is 0 Å². The van der Waals surface area contributed by atoms with Gasteiger partial charge < -0.3 is 39.4 Å². The number of carbonyl (C=O) groups is 1. The molecule has 4 rings (SSSR count). The van der Waals surface area contributed by atoms with Crippen LogP contribution in [0.1, 0.15) is 23.5 Å². The molecule has 9 heteroatoms. The first-order valence-electron chi connectivity index (χ1n) is 13.4. The molecule has 2 aromatic rings. The van der Waals surface area contributed by atoms with Crippen LogP contribution in [-0.2, 0) is 16.1 Å². The van der Waals surface area contributed by atoms with Gasteiger partial charge in [-0.1, -0.05) is 18.2 Å². The van der Waals surface area contributed by atoms with Crippen molar-refractivity contribution in [3.05, 3.63) is 53.6 Å². The van der Waals surface area contributed by atoms with E-state index in [1.54, 1.807) is 33.2 Å². The lowest BCUT2D eigenvalue weighted by molar-refractivity contribution is -0.00564. The second kappa shape index (κ2) is 13.7. The van der Waals surface area contributed by atoms with Crippen LogP contribution < -0.4 is 25.0 Å². The van der Waals surface area contributed by atoms with E-state index in [1.807, 2.05) is 12.1 Å². The second-order valence-corrected chi connectivity index (χ2v) is 10.1. The molecule has 0 spiro atoms. The van der Waals surface area contributed by atoms with E-state index in [1.165, 1.54) is 5.56 Å². The summed E-state index contributed by atoms with van der Waals surface area (Å²) in [5.74, 6) is 2.05. The number of anilines is 1. The number of urea groups is 1. The van der Waals surface area contributed by atoms with E-state index >= 15 is 0 Å². The van der Waals surface area contributed by atoms with Gasteiger partial charge in [-0.3, -0.25) is 0 Å². The first-order chi connectivity index (χ1) is 18.5. The lowest BCUT2D eigenvalue weighted by Gasteiger charge is -2.39. The first kappa shape index (κ1) is 28.0. The molecule has 0 aromatic heterocycles. The van der Waals surface area contributed by atoms with Crippen molar-refractivity contribution < 1.29 is 23.7 Å². The summed E-state index contributed by atoms with van der Waals surface area (Å²) in [6, 6.07) is 14.4. The maximum absolute atomic E-state index is 12.3. The maximum Gasteiger partial charge on any atom is 0.316 e. The van der Waals surface area contributed by atoms with Gasteiger partial charge in [-0.05, 0) is 47.7 Å². The summed E-state index contributed by atoms with van der Waals surface area (Å²) in [6.07, 6.45) is 0.920. The minimum atomic E-state index is -0.0899. The van der Waals surface area contributed by atoms with Crippen LogP contribution in [0.3, 0.4) is 0 Å². The van der Waals surface area contributed by atoms with Crippen molar-refractivity contribution in [1.29, 1.82) is 0 Å². The lowest BCUT2D eigenvalue weighted by atomic mass is 9.79. The number of carbonyl (C=O) groups excluding carboxylic acids is 1.